The molecule has 8 nitrogen and oxygen atoms in total. The second kappa shape index (κ2) is 7.05. The standard InChI is InChI=1S/C21H20N4O4/c1-13-5-4-6-16-19(13)14(10-23(16)2)11-24-17-9-22-8-7-15(17)20(27)25(21(24)28)12-18(26)29-3/h4-10H,11-12H2,1-3H3. The number of methoxy groups -OCH3 is 1. The summed E-state index contributed by atoms with van der Waals surface area (Å²) in [6, 6.07) is 7.58. The van der Waals surface area contributed by atoms with Crippen molar-refractivity contribution in [1.82, 2.24) is 18.7 Å². The summed E-state index contributed by atoms with van der Waals surface area (Å²) in [4.78, 5) is 41.8. The van der Waals surface area contributed by atoms with Gasteiger partial charge in [-0.05, 0) is 30.2 Å². The highest BCUT2D eigenvalue weighted by atomic mass is 16.5. The van der Waals surface area contributed by atoms with E-state index in [0.29, 0.717) is 10.9 Å². The van der Waals surface area contributed by atoms with Gasteiger partial charge in [-0.1, -0.05) is 12.1 Å². The van der Waals surface area contributed by atoms with Gasteiger partial charge < -0.3 is 9.30 Å². The van der Waals surface area contributed by atoms with E-state index in [2.05, 4.69) is 9.72 Å². The van der Waals surface area contributed by atoms with Gasteiger partial charge in [0.25, 0.3) is 5.56 Å². The average Bonchev–Trinajstić information content (AvgIpc) is 3.05. The summed E-state index contributed by atoms with van der Waals surface area (Å²) in [5.41, 5.74) is 2.40. The van der Waals surface area contributed by atoms with Crippen LogP contribution in [0.25, 0.3) is 21.8 Å². The van der Waals surface area contributed by atoms with E-state index in [1.54, 1.807) is 6.07 Å². The van der Waals surface area contributed by atoms with Crippen molar-refractivity contribution in [2.24, 2.45) is 7.05 Å². The minimum atomic E-state index is -0.662. The van der Waals surface area contributed by atoms with Gasteiger partial charge in [0.05, 0.1) is 30.8 Å². The number of pyridine rings is 1. The Morgan fingerprint density at radius 2 is 1.93 bits per heavy atom. The maximum atomic E-state index is 13.2. The molecule has 4 rings (SSSR count). The van der Waals surface area contributed by atoms with Crippen molar-refractivity contribution in [3.63, 3.8) is 0 Å². The molecule has 0 unspecified atom stereocenters. The lowest BCUT2D eigenvalue weighted by Gasteiger charge is -2.13. The highest BCUT2D eigenvalue weighted by Gasteiger charge is 2.18. The summed E-state index contributed by atoms with van der Waals surface area (Å²) in [5, 5.41) is 1.38. The summed E-state index contributed by atoms with van der Waals surface area (Å²) in [5.74, 6) is -0.662. The molecular formula is C21H20N4O4. The van der Waals surface area contributed by atoms with Crippen molar-refractivity contribution in [3.8, 4) is 0 Å². The van der Waals surface area contributed by atoms with Gasteiger partial charge in [-0.25, -0.2) is 9.36 Å². The molecule has 0 saturated heterocycles. The van der Waals surface area contributed by atoms with Gasteiger partial charge in [0.1, 0.15) is 6.54 Å². The van der Waals surface area contributed by atoms with Crippen LogP contribution >= 0.6 is 0 Å². The van der Waals surface area contributed by atoms with Gasteiger partial charge in [0.2, 0.25) is 0 Å². The average molecular weight is 392 g/mol. The molecule has 0 aliphatic heterocycles. The number of esters is 1. The summed E-state index contributed by atoms with van der Waals surface area (Å²) in [6.07, 6.45) is 4.96. The quantitative estimate of drug-likeness (QED) is 0.492. The van der Waals surface area contributed by atoms with Crippen molar-refractivity contribution < 1.29 is 9.53 Å². The molecule has 29 heavy (non-hydrogen) atoms. The monoisotopic (exact) mass is 392 g/mol. The summed E-state index contributed by atoms with van der Waals surface area (Å²) >= 11 is 0. The maximum absolute atomic E-state index is 13.2. The van der Waals surface area contributed by atoms with Crippen molar-refractivity contribution in [1.29, 1.82) is 0 Å². The van der Waals surface area contributed by atoms with E-state index < -0.39 is 23.8 Å². The van der Waals surface area contributed by atoms with Crippen molar-refractivity contribution in [2.45, 2.75) is 20.0 Å². The van der Waals surface area contributed by atoms with E-state index in [4.69, 9.17) is 0 Å². The van der Waals surface area contributed by atoms with Gasteiger partial charge in [-0.15, -0.1) is 0 Å². The molecular weight excluding hydrogens is 372 g/mol. The third kappa shape index (κ3) is 3.02. The van der Waals surface area contributed by atoms with E-state index in [9.17, 15) is 14.4 Å². The first kappa shape index (κ1) is 18.7. The topological polar surface area (TPSA) is 88.1 Å². The number of nitrogens with zero attached hydrogens (tertiary/aromatic N) is 4. The molecule has 0 saturated carbocycles. The number of carbonyl (C=O) groups is 1. The first-order chi connectivity index (χ1) is 13.9. The number of hydrogen-bond acceptors (Lipinski definition) is 5. The number of aromatic nitrogens is 4. The highest BCUT2D eigenvalue weighted by molar-refractivity contribution is 5.87. The highest BCUT2D eigenvalue weighted by Crippen LogP contribution is 2.25. The van der Waals surface area contributed by atoms with Crippen LogP contribution in [0, 0.1) is 6.92 Å². The second-order valence-electron chi connectivity index (χ2n) is 6.96. The molecule has 0 bridgehead atoms. The number of fused-ring (bicyclic) bond motifs is 2. The minimum absolute atomic E-state index is 0.241. The van der Waals surface area contributed by atoms with Crippen LogP contribution in [0.1, 0.15) is 11.1 Å². The summed E-state index contributed by atoms with van der Waals surface area (Å²) < 4.78 is 9.05. The fourth-order valence-electron chi connectivity index (χ4n) is 3.77. The van der Waals surface area contributed by atoms with E-state index in [-0.39, 0.29) is 6.54 Å². The molecule has 0 atom stereocenters. The van der Waals surface area contributed by atoms with Gasteiger partial charge in [-0.2, -0.15) is 0 Å². The molecule has 0 fully saturated rings. The van der Waals surface area contributed by atoms with Crippen molar-refractivity contribution >= 4 is 27.8 Å². The Kier molecular flexibility index (Phi) is 4.54. The van der Waals surface area contributed by atoms with E-state index >= 15 is 0 Å². The lowest BCUT2D eigenvalue weighted by atomic mass is 10.1. The van der Waals surface area contributed by atoms with E-state index in [0.717, 1.165) is 26.6 Å². The third-order valence-electron chi connectivity index (χ3n) is 5.17. The van der Waals surface area contributed by atoms with E-state index in [1.165, 1.54) is 24.1 Å². The zero-order valence-electron chi connectivity index (χ0n) is 16.4. The Balaban J connectivity index is 1.98. The van der Waals surface area contributed by atoms with Crippen LogP contribution in [0.2, 0.25) is 0 Å². The Hall–Kier alpha value is -3.68. The minimum Gasteiger partial charge on any atom is -0.468 e. The van der Waals surface area contributed by atoms with Crippen LogP contribution in [0.5, 0.6) is 0 Å². The second-order valence-corrected chi connectivity index (χ2v) is 6.96. The Bertz CT molecular complexity index is 1380. The lowest BCUT2D eigenvalue weighted by molar-refractivity contribution is -0.141. The third-order valence-corrected chi connectivity index (χ3v) is 5.17. The zero-order valence-corrected chi connectivity index (χ0v) is 16.4. The molecule has 3 aromatic heterocycles. The van der Waals surface area contributed by atoms with Crippen molar-refractivity contribution in [3.05, 3.63) is 74.8 Å². The fourth-order valence-corrected chi connectivity index (χ4v) is 3.77. The Labute approximate surface area is 165 Å². The Morgan fingerprint density at radius 1 is 1.14 bits per heavy atom. The van der Waals surface area contributed by atoms with Gasteiger partial charge in [0.15, 0.2) is 0 Å². The number of rotatable bonds is 4. The first-order valence-corrected chi connectivity index (χ1v) is 9.10. The SMILES string of the molecule is COC(=O)Cn1c(=O)c2ccncc2n(Cc2cn(C)c3cccc(C)c23)c1=O. The largest absolute Gasteiger partial charge is 0.468 e. The van der Waals surface area contributed by atoms with Crippen LogP contribution in [0.15, 0.2) is 52.4 Å². The molecule has 0 aliphatic carbocycles. The fraction of sp³-hybridized carbons (Fsp3) is 0.238. The Morgan fingerprint density at radius 3 is 2.69 bits per heavy atom. The smallest absolute Gasteiger partial charge is 0.332 e. The summed E-state index contributed by atoms with van der Waals surface area (Å²) in [7, 11) is 3.17. The van der Waals surface area contributed by atoms with Crippen molar-refractivity contribution in [2.75, 3.05) is 7.11 Å². The molecule has 4 aromatic rings. The number of carbonyl (C=O) groups excluding carboxylic acids is 1. The molecule has 148 valence electrons. The number of ether oxygens (including phenoxy) is 1. The van der Waals surface area contributed by atoms with Gasteiger partial charge >= 0.3 is 11.7 Å². The summed E-state index contributed by atoms with van der Waals surface area (Å²) in [6.45, 7) is 1.82. The normalized spacial score (nSPS) is 11.3. The van der Waals surface area contributed by atoms with Gasteiger partial charge in [-0.3, -0.25) is 19.1 Å². The van der Waals surface area contributed by atoms with Crippen LogP contribution in [-0.4, -0.2) is 31.8 Å². The van der Waals surface area contributed by atoms with Crippen LogP contribution in [0.3, 0.4) is 0 Å². The molecule has 3 heterocycles. The number of benzene rings is 1. The van der Waals surface area contributed by atoms with Crippen LogP contribution in [0.4, 0.5) is 0 Å². The maximum Gasteiger partial charge on any atom is 0.332 e. The molecule has 0 aliphatic rings. The number of aryl methyl sites for hydroxylation is 2. The predicted molar refractivity (Wildman–Crippen MR) is 109 cm³/mol. The number of hydrogen-bond donors (Lipinski definition) is 0. The van der Waals surface area contributed by atoms with Crippen LogP contribution in [-0.2, 0) is 29.7 Å². The first-order valence-electron chi connectivity index (χ1n) is 9.10. The predicted octanol–water partition coefficient (Wildman–Crippen LogP) is 1.58. The molecule has 0 N–H and O–H groups in total. The zero-order chi connectivity index (χ0) is 20.7. The van der Waals surface area contributed by atoms with Crippen LogP contribution < -0.4 is 11.2 Å². The molecule has 0 amide bonds. The lowest BCUT2D eigenvalue weighted by Crippen LogP contribution is -2.42. The molecule has 8 heteroatoms. The van der Waals surface area contributed by atoms with Gasteiger partial charge in [0, 0.05) is 30.3 Å². The molecule has 1 aromatic carbocycles. The molecule has 0 radical (unpaired) electrons. The molecule has 0 spiro atoms. The van der Waals surface area contributed by atoms with E-state index in [1.807, 2.05) is 42.9 Å².